The molecule has 1 fully saturated rings. The summed E-state index contributed by atoms with van der Waals surface area (Å²) in [7, 11) is -10.1. The highest BCUT2D eigenvalue weighted by molar-refractivity contribution is 7.89. The number of nitrogens with zero attached hydrogens (tertiary/aromatic N) is 1. The number of nitrogen functional groups attached to an aromatic ring is 1. The molecule has 14 heteroatoms. The summed E-state index contributed by atoms with van der Waals surface area (Å²) in [6.45, 7) is 2.87. The van der Waals surface area contributed by atoms with Crippen LogP contribution in [0.5, 0.6) is 0 Å². The molecule has 0 aliphatic carbocycles. The Bertz CT molecular complexity index is 1410. The fourth-order valence-corrected chi connectivity index (χ4v) is 5.97. The van der Waals surface area contributed by atoms with Crippen LogP contribution in [0.1, 0.15) is 31.3 Å². The number of benzene rings is 2. The molecular weight excluding hydrogens is 549 g/mol. The lowest BCUT2D eigenvalue weighted by Crippen LogP contribution is -2.52. The Kier molecular flexibility index (Phi) is 8.95. The van der Waals surface area contributed by atoms with Crippen LogP contribution in [0.4, 0.5) is 10.5 Å². The average Bonchev–Trinajstić information content (AvgIpc) is 3.42. The number of carbonyl (C=O) groups is 1. The number of phosphoric ester groups is 1. The van der Waals surface area contributed by atoms with E-state index < -0.39 is 83.5 Å². The summed E-state index contributed by atoms with van der Waals surface area (Å²) >= 11 is 0. The van der Waals surface area contributed by atoms with Crippen molar-refractivity contribution in [1.82, 2.24) is 9.62 Å². The van der Waals surface area contributed by atoms with Crippen molar-refractivity contribution in [2.24, 2.45) is 5.92 Å². The maximum atomic E-state index is 14.0. The van der Waals surface area contributed by atoms with Gasteiger partial charge < -0.3 is 30.3 Å². The number of hydrogen-bond donors (Lipinski definition) is 4. The number of ether oxygens (including phenoxy) is 2. The van der Waals surface area contributed by atoms with Crippen LogP contribution in [0.15, 0.2) is 59.4 Å². The van der Waals surface area contributed by atoms with Gasteiger partial charge in [-0.1, -0.05) is 44.2 Å². The highest BCUT2D eigenvalue weighted by atomic mass is 32.2. The van der Waals surface area contributed by atoms with E-state index in [1.807, 2.05) is 0 Å². The van der Waals surface area contributed by atoms with Gasteiger partial charge in [-0.15, -0.1) is 0 Å². The fraction of sp³-hybridized carbons (Fsp3) is 0.480. The molecule has 1 aliphatic heterocycles. The number of rotatable bonds is 13. The summed E-state index contributed by atoms with van der Waals surface area (Å²) in [6, 6.07) is 3.99. The molecule has 1 saturated heterocycles. The number of alkyl carbamates (subject to hydrolysis) is 1. The molecule has 0 saturated carbocycles. The topological polar surface area (TPSA) is 178 Å². The van der Waals surface area contributed by atoms with Gasteiger partial charge >= 0.3 is 13.9 Å². The van der Waals surface area contributed by atoms with Gasteiger partial charge in [-0.3, -0.25) is 4.52 Å². The second-order valence-corrected chi connectivity index (χ2v) is 12.5. The van der Waals surface area contributed by atoms with E-state index in [0.29, 0.717) is 18.6 Å². The molecule has 1 heterocycles. The number of carbonyl (C=O) groups excluding carboxylic acids is 1. The van der Waals surface area contributed by atoms with Crippen LogP contribution in [0.3, 0.4) is 0 Å². The second-order valence-electron chi connectivity index (χ2n) is 9.42. The summed E-state index contributed by atoms with van der Waals surface area (Å²) in [5, 5.41) is 2.56. The van der Waals surface area contributed by atoms with Gasteiger partial charge in [0, 0.05) is 25.2 Å². The van der Waals surface area contributed by atoms with Crippen LogP contribution in [0, 0.1) is 5.92 Å². The average molecular weight is 590 g/mol. The standard InChI is InChI=1S/C25H36N3O9PS/c1-18(2)15-28(39(33,34)22-10-8-20(26)9-11-22)16-24(37-38(30,31)32)23(14-19-6-4-3-5-7-19)27-25(29)36-21-12-13-35-17-21/h3-11,18,21,23-24H,12-17,26H2,1-2H3,(H,27,29)(H2,30,31,32)/t21-,23-,24+/m0/s1/i8D,9D,10D,11D. The van der Waals surface area contributed by atoms with Crippen LogP contribution in [-0.2, 0) is 35.0 Å². The predicted octanol–water partition coefficient (Wildman–Crippen LogP) is 2.52. The first-order valence-corrected chi connectivity index (χ1v) is 15.2. The molecule has 2 aromatic carbocycles. The van der Waals surface area contributed by atoms with Crippen LogP contribution < -0.4 is 11.1 Å². The first kappa shape index (κ1) is 25.5. The third-order valence-corrected chi connectivity index (χ3v) is 7.90. The van der Waals surface area contributed by atoms with E-state index in [0.717, 1.165) is 4.31 Å². The van der Waals surface area contributed by atoms with Gasteiger partial charge in [0.05, 0.1) is 29.6 Å². The highest BCUT2D eigenvalue weighted by Crippen LogP contribution is 2.39. The van der Waals surface area contributed by atoms with E-state index in [1.165, 1.54) is 0 Å². The predicted molar refractivity (Wildman–Crippen MR) is 144 cm³/mol. The van der Waals surface area contributed by atoms with E-state index in [2.05, 4.69) is 5.32 Å². The Morgan fingerprint density at radius 3 is 2.46 bits per heavy atom. The zero-order chi connectivity index (χ0) is 32.1. The minimum absolute atomic E-state index is 0.0552. The number of sulfonamides is 1. The molecule has 3 atom stereocenters. The van der Waals surface area contributed by atoms with Crippen LogP contribution in [0.25, 0.3) is 0 Å². The molecule has 0 aromatic heterocycles. The third kappa shape index (κ3) is 9.87. The monoisotopic (exact) mass is 589 g/mol. The van der Waals surface area contributed by atoms with Crippen molar-refractivity contribution in [2.75, 3.05) is 32.0 Å². The molecule has 216 valence electrons. The molecule has 0 bridgehead atoms. The lowest BCUT2D eigenvalue weighted by molar-refractivity contribution is 0.0601. The van der Waals surface area contributed by atoms with Gasteiger partial charge in [-0.2, -0.15) is 4.31 Å². The van der Waals surface area contributed by atoms with Crippen molar-refractivity contribution in [1.29, 1.82) is 0 Å². The Labute approximate surface area is 234 Å². The molecule has 39 heavy (non-hydrogen) atoms. The van der Waals surface area contributed by atoms with Gasteiger partial charge in [-0.05, 0) is 42.1 Å². The largest absolute Gasteiger partial charge is 0.469 e. The Hall–Kier alpha value is -2.51. The fourth-order valence-electron chi connectivity index (χ4n) is 3.94. The number of nitrogens with one attached hydrogen (secondary N) is 1. The van der Waals surface area contributed by atoms with E-state index >= 15 is 0 Å². The van der Waals surface area contributed by atoms with E-state index in [-0.39, 0.29) is 25.5 Å². The number of anilines is 1. The van der Waals surface area contributed by atoms with Gasteiger partial charge in [-0.25, -0.2) is 17.8 Å². The van der Waals surface area contributed by atoms with Crippen molar-refractivity contribution in [2.45, 2.75) is 49.8 Å². The molecule has 1 amide bonds. The maximum Gasteiger partial charge on any atom is 0.469 e. The molecule has 1 aliphatic rings. The van der Waals surface area contributed by atoms with Crippen molar-refractivity contribution < 1.29 is 47.0 Å². The third-order valence-electron chi connectivity index (χ3n) is 5.66. The lowest BCUT2D eigenvalue weighted by Gasteiger charge is -2.33. The lowest BCUT2D eigenvalue weighted by atomic mass is 10.0. The van der Waals surface area contributed by atoms with E-state index in [9.17, 15) is 27.6 Å². The summed E-state index contributed by atoms with van der Waals surface area (Å²) < 4.78 is 89.0. The molecule has 0 unspecified atom stereocenters. The van der Waals surface area contributed by atoms with Crippen molar-refractivity contribution in [3.05, 3.63) is 60.1 Å². The molecule has 2 aromatic rings. The Morgan fingerprint density at radius 1 is 1.23 bits per heavy atom. The molecule has 0 spiro atoms. The van der Waals surface area contributed by atoms with Gasteiger partial charge in [0.1, 0.15) is 12.2 Å². The van der Waals surface area contributed by atoms with Crippen LogP contribution in [0.2, 0.25) is 0 Å². The minimum atomic E-state index is -5.29. The van der Waals surface area contributed by atoms with E-state index in [1.54, 1.807) is 44.2 Å². The van der Waals surface area contributed by atoms with E-state index in [4.69, 9.17) is 25.2 Å². The Morgan fingerprint density at radius 2 is 1.90 bits per heavy atom. The van der Waals surface area contributed by atoms with Gasteiger partial charge in [0.2, 0.25) is 10.0 Å². The zero-order valence-electron chi connectivity index (χ0n) is 25.6. The molecule has 3 rings (SSSR count). The van der Waals surface area contributed by atoms with Crippen molar-refractivity contribution >= 4 is 29.6 Å². The number of nitrogens with two attached hydrogens (primary N) is 1. The van der Waals surface area contributed by atoms with Gasteiger partial charge in [0.15, 0.2) is 0 Å². The quantitative estimate of drug-likeness (QED) is 0.200. The smallest absolute Gasteiger partial charge is 0.444 e. The summed E-state index contributed by atoms with van der Waals surface area (Å²) in [5.74, 6) is -0.374. The maximum absolute atomic E-state index is 14.0. The highest BCUT2D eigenvalue weighted by Gasteiger charge is 2.37. The number of amides is 1. The van der Waals surface area contributed by atoms with Crippen LogP contribution >= 0.6 is 7.82 Å². The zero-order valence-corrected chi connectivity index (χ0v) is 23.3. The molecule has 0 radical (unpaired) electrons. The first-order chi connectivity index (χ1) is 20.0. The summed E-state index contributed by atoms with van der Waals surface area (Å²) in [5.41, 5.74) is 5.71. The molecular formula is C25H36N3O9PS. The second kappa shape index (κ2) is 13.7. The first-order valence-electron chi connectivity index (χ1n) is 14.2. The van der Waals surface area contributed by atoms with Crippen molar-refractivity contribution in [3.8, 4) is 0 Å². The van der Waals surface area contributed by atoms with Crippen molar-refractivity contribution in [3.63, 3.8) is 0 Å². The minimum Gasteiger partial charge on any atom is -0.444 e. The SMILES string of the molecule is [2H]c1c([2H])c(S(=O)(=O)N(CC(C)C)C[C@@H](OP(=O)(O)O)[C@H](Cc2ccccc2)NC(=O)O[C@H]2CCOC2)c([2H])c([2H])c1N. The van der Waals surface area contributed by atoms with Gasteiger partial charge in [0.25, 0.3) is 0 Å². The number of hydrogen-bond acceptors (Lipinski definition) is 8. The normalized spacial score (nSPS) is 19.2. The number of phosphoric acid groups is 1. The Balaban J connectivity index is 2.08. The molecule has 5 N–H and O–H groups in total. The van der Waals surface area contributed by atoms with Crippen LogP contribution in [-0.4, -0.2) is 73.2 Å². The molecule has 12 nitrogen and oxygen atoms in total. The summed E-state index contributed by atoms with van der Waals surface area (Å²) in [6.07, 6.45) is -2.77. The summed E-state index contributed by atoms with van der Waals surface area (Å²) in [4.78, 5) is 31.5.